The zero-order chi connectivity index (χ0) is 10.5. The topological polar surface area (TPSA) is 26.3 Å². The Morgan fingerprint density at radius 2 is 1.60 bits per heavy atom. The van der Waals surface area contributed by atoms with E-state index in [-0.39, 0.29) is 10.9 Å². The van der Waals surface area contributed by atoms with E-state index < -0.39 is 0 Å². The first-order chi connectivity index (χ1) is 7.19. The molecule has 4 saturated carbocycles. The van der Waals surface area contributed by atoms with Crippen molar-refractivity contribution >= 4 is 17.1 Å². The molecule has 2 nitrogen and oxygen atoms in total. The summed E-state index contributed by atoms with van der Waals surface area (Å²) in [5, 5.41) is -0.0723. The molecule has 0 N–H and O–H groups in total. The van der Waals surface area contributed by atoms with Gasteiger partial charge in [0.1, 0.15) is 5.60 Å². The first-order valence-electron chi connectivity index (χ1n) is 5.96. The van der Waals surface area contributed by atoms with E-state index in [4.69, 9.17) is 4.74 Å². The van der Waals surface area contributed by atoms with Crippen LogP contribution in [0.4, 0.5) is 4.79 Å². The minimum atomic E-state index is -0.0723. The summed E-state index contributed by atoms with van der Waals surface area (Å²) in [6.07, 6.45) is 9.44. The van der Waals surface area contributed by atoms with Crippen molar-refractivity contribution in [3.63, 3.8) is 0 Å². The van der Waals surface area contributed by atoms with Crippen molar-refractivity contribution in [3.05, 3.63) is 0 Å². The molecule has 0 heterocycles. The van der Waals surface area contributed by atoms with Gasteiger partial charge in [0.25, 0.3) is 0 Å². The Bertz CT molecular complexity index is 252. The highest BCUT2D eigenvalue weighted by atomic mass is 32.2. The predicted molar refractivity (Wildman–Crippen MR) is 60.9 cm³/mol. The van der Waals surface area contributed by atoms with Crippen LogP contribution in [-0.2, 0) is 4.74 Å². The lowest BCUT2D eigenvalue weighted by Crippen LogP contribution is -2.52. The molecule has 0 aromatic heterocycles. The lowest BCUT2D eigenvalue weighted by atomic mass is 9.54. The van der Waals surface area contributed by atoms with Crippen molar-refractivity contribution in [3.8, 4) is 0 Å². The van der Waals surface area contributed by atoms with Gasteiger partial charge in [-0.3, -0.25) is 0 Å². The molecule has 4 rings (SSSR count). The summed E-state index contributed by atoms with van der Waals surface area (Å²) < 4.78 is 5.72. The van der Waals surface area contributed by atoms with Crippen LogP contribution in [0.2, 0.25) is 0 Å². The molecule has 4 fully saturated rings. The van der Waals surface area contributed by atoms with Gasteiger partial charge in [-0.05, 0) is 74.3 Å². The fourth-order valence-electron chi connectivity index (χ4n) is 4.37. The first kappa shape index (κ1) is 10.0. The lowest BCUT2D eigenvalue weighted by Gasteiger charge is -2.55. The average Bonchev–Trinajstić information content (AvgIpc) is 2.14. The van der Waals surface area contributed by atoms with E-state index in [0.717, 1.165) is 37.0 Å². The second-order valence-electron chi connectivity index (χ2n) is 5.66. The fraction of sp³-hybridized carbons (Fsp3) is 0.917. The van der Waals surface area contributed by atoms with E-state index in [0.29, 0.717) is 0 Å². The Balaban J connectivity index is 1.78. The number of hydrogen-bond donors (Lipinski definition) is 0. The summed E-state index contributed by atoms with van der Waals surface area (Å²) in [5.74, 6) is 2.56. The van der Waals surface area contributed by atoms with E-state index >= 15 is 0 Å². The number of carbonyl (C=O) groups is 1. The zero-order valence-corrected chi connectivity index (χ0v) is 10.0. The van der Waals surface area contributed by atoms with Gasteiger partial charge in [-0.2, -0.15) is 0 Å². The monoisotopic (exact) mass is 226 g/mol. The van der Waals surface area contributed by atoms with Gasteiger partial charge >= 0.3 is 5.30 Å². The van der Waals surface area contributed by atoms with Crippen LogP contribution in [0.25, 0.3) is 0 Å². The Hall–Kier alpha value is -0.180. The van der Waals surface area contributed by atoms with Crippen molar-refractivity contribution in [2.45, 2.75) is 44.1 Å². The summed E-state index contributed by atoms with van der Waals surface area (Å²) >= 11 is 1.21. The largest absolute Gasteiger partial charge is 0.451 e. The number of thioether (sulfide) groups is 1. The molecule has 4 bridgehead atoms. The molecule has 0 atom stereocenters. The second kappa shape index (κ2) is 3.41. The van der Waals surface area contributed by atoms with Crippen molar-refractivity contribution in [2.75, 3.05) is 6.26 Å². The third-order valence-corrected chi connectivity index (χ3v) is 4.87. The van der Waals surface area contributed by atoms with Crippen LogP contribution in [0, 0.1) is 17.8 Å². The smallest absolute Gasteiger partial charge is 0.367 e. The van der Waals surface area contributed by atoms with Crippen LogP contribution in [0.15, 0.2) is 0 Å². The van der Waals surface area contributed by atoms with E-state index in [1.54, 1.807) is 0 Å². The van der Waals surface area contributed by atoms with Crippen LogP contribution in [-0.4, -0.2) is 17.2 Å². The highest BCUT2D eigenvalue weighted by Gasteiger charge is 2.53. The van der Waals surface area contributed by atoms with Crippen molar-refractivity contribution in [1.82, 2.24) is 0 Å². The van der Waals surface area contributed by atoms with Gasteiger partial charge in [-0.1, -0.05) is 0 Å². The Morgan fingerprint density at radius 1 is 1.13 bits per heavy atom. The van der Waals surface area contributed by atoms with E-state index in [9.17, 15) is 4.79 Å². The first-order valence-corrected chi connectivity index (χ1v) is 7.18. The van der Waals surface area contributed by atoms with Crippen LogP contribution < -0.4 is 0 Å². The Morgan fingerprint density at radius 3 is 2.00 bits per heavy atom. The van der Waals surface area contributed by atoms with Gasteiger partial charge in [0.15, 0.2) is 0 Å². The number of ether oxygens (including phenoxy) is 1. The number of rotatable bonds is 1. The highest BCUT2D eigenvalue weighted by Crippen LogP contribution is 2.57. The molecule has 0 saturated heterocycles. The molecule has 0 aromatic rings. The number of hydrogen-bond acceptors (Lipinski definition) is 3. The van der Waals surface area contributed by atoms with Gasteiger partial charge in [0.2, 0.25) is 0 Å². The molecule has 0 amide bonds. The van der Waals surface area contributed by atoms with Gasteiger partial charge in [0.05, 0.1) is 0 Å². The van der Waals surface area contributed by atoms with Crippen LogP contribution >= 0.6 is 11.8 Å². The standard InChI is InChI=1S/C12H18O2S/c1-15-11(13)14-12-5-8-2-9(6-12)4-10(3-8)7-12/h8-10H,2-7H2,1H3. The minimum absolute atomic E-state index is 0.0468. The molecule has 0 unspecified atom stereocenters. The quantitative estimate of drug-likeness (QED) is 0.640. The lowest BCUT2D eigenvalue weighted by molar-refractivity contribution is -0.121. The molecular formula is C12H18O2S. The maximum atomic E-state index is 11.4. The normalized spacial score (nSPS) is 46.9. The highest BCUT2D eigenvalue weighted by molar-refractivity contribution is 8.12. The molecule has 3 heteroatoms. The summed E-state index contributed by atoms with van der Waals surface area (Å²) in [6.45, 7) is 0. The molecule has 0 aromatic carbocycles. The summed E-state index contributed by atoms with van der Waals surface area (Å²) in [7, 11) is 0. The molecule has 15 heavy (non-hydrogen) atoms. The molecule has 4 aliphatic rings. The molecule has 4 aliphatic carbocycles. The summed E-state index contributed by atoms with van der Waals surface area (Å²) in [6, 6.07) is 0. The van der Waals surface area contributed by atoms with Crippen molar-refractivity contribution in [2.24, 2.45) is 17.8 Å². The molecule has 0 radical (unpaired) electrons. The minimum Gasteiger partial charge on any atom is -0.451 e. The summed E-state index contributed by atoms with van der Waals surface area (Å²) in [4.78, 5) is 11.4. The average molecular weight is 226 g/mol. The predicted octanol–water partition coefficient (Wildman–Crippen LogP) is 3.45. The third kappa shape index (κ3) is 1.69. The molecule has 84 valence electrons. The van der Waals surface area contributed by atoms with E-state index in [1.807, 2.05) is 6.26 Å². The maximum absolute atomic E-state index is 11.4. The van der Waals surface area contributed by atoms with E-state index in [2.05, 4.69) is 0 Å². The molecule has 0 aliphatic heterocycles. The van der Waals surface area contributed by atoms with Gasteiger partial charge in [-0.15, -0.1) is 0 Å². The Kier molecular flexibility index (Phi) is 2.27. The van der Waals surface area contributed by atoms with Gasteiger partial charge < -0.3 is 4.74 Å². The molecular weight excluding hydrogens is 208 g/mol. The van der Waals surface area contributed by atoms with Crippen molar-refractivity contribution in [1.29, 1.82) is 0 Å². The zero-order valence-electron chi connectivity index (χ0n) is 9.20. The SMILES string of the molecule is CSC(=O)OC12CC3CC(CC(C3)C1)C2. The van der Waals surface area contributed by atoms with Crippen molar-refractivity contribution < 1.29 is 9.53 Å². The fourth-order valence-corrected chi connectivity index (χ4v) is 4.63. The van der Waals surface area contributed by atoms with Gasteiger partial charge in [-0.25, -0.2) is 4.79 Å². The summed E-state index contributed by atoms with van der Waals surface area (Å²) in [5.41, 5.74) is -0.0468. The Labute approximate surface area is 95.1 Å². The second-order valence-corrected chi connectivity index (χ2v) is 6.40. The van der Waals surface area contributed by atoms with Crippen LogP contribution in [0.5, 0.6) is 0 Å². The van der Waals surface area contributed by atoms with Crippen LogP contribution in [0.1, 0.15) is 38.5 Å². The van der Waals surface area contributed by atoms with Gasteiger partial charge in [0, 0.05) is 0 Å². The molecule has 0 spiro atoms. The third-order valence-electron chi connectivity index (χ3n) is 4.45. The van der Waals surface area contributed by atoms with Crippen LogP contribution in [0.3, 0.4) is 0 Å². The van der Waals surface area contributed by atoms with E-state index in [1.165, 1.54) is 31.0 Å². The maximum Gasteiger partial charge on any atom is 0.367 e. The number of carbonyl (C=O) groups excluding carboxylic acids is 1.